The largest absolute Gasteiger partial charge is 0.349 e. The van der Waals surface area contributed by atoms with Crippen LogP contribution in [0, 0.1) is 12.8 Å². The SMILES string of the molecule is Cc1[nH]ncc1C(=O)NC1CCC(CN)CC1. The summed E-state index contributed by atoms with van der Waals surface area (Å²) in [7, 11) is 0. The number of aromatic nitrogens is 2. The number of hydrogen-bond donors (Lipinski definition) is 3. The average Bonchev–Trinajstić information content (AvgIpc) is 2.76. The molecule has 5 heteroatoms. The molecule has 17 heavy (non-hydrogen) atoms. The fourth-order valence-electron chi connectivity index (χ4n) is 2.39. The van der Waals surface area contributed by atoms with Gasteiger partial charge in [0.2, 0.25) is 0 Å². The zero-order valence-electron chi connectivity index (χ0n) is 10.2. The molecule has 4 N–H and O–H groups in total. The van der Waals surface area contributed by atoms with Gasteiger partial charge in [-0.05, 0) is 45.1 Å². The average molecular weight is 236 g/mol. The number of carbonyl (C=O) groups is 1. The second-order valence-corrected chi connectivity index (χ2v) is 4.84. The van der Waals surface area contributed by atoms with Crippen LogP contribution < -0.4 is 11.1 Å². The fourth-order valence-corrected chi connectivity index (χ4v) is 2.39. The molecule has 0 aliphatic heterocycles. The van der Waals surface area contributed by atoms with Crippen molar-refractivity contribution in [1.29, 1.82) is 0 Å². The summed E-state index contributed by atoms with van der Waals surface area (Å²) in [6.07, 6.45) is 5.88. The third kappa shape index (κ3) is 2.85. The van der Waals surface area contributed by atoms with E-state index in [-0.39, 0.29) is 5.91 Å². The van der Waals surface area contributed by atoms with Crippen LogP contribution >= 0.6 is 0 Å². The number of nitrogens with two attached hydrogens (primary N) is 1. The number of aryl methyl sites for hydroxylation is 1. The van der Waals surface area contributed by atoms with Gasteiger partial charge in [-0.3, -0.25) is 9.89 Å². The van der Waals surface area contributed by atoms with E-state index in [1.807, 2.05) is 6.92 Å². The van der Waals surface area contributed by atoms with Crippen LogP contribution in [0.4, 0.5) is 0 Å². The number of carbonyl (C=O) groups excluding carboxylic acids is 1. The van der Waals surface area contributed by atoms with E-state index >= 15 is 0 Å². The summed E-state index contributed by atoms with van der Waals surface area (Å²) in [4.78, 5) is 12.0. The highest BCUT2D eigenvalue weighted by Gasteiger charge is 2.22. The van der Waals surface area contributed by atoms with Crippen molar-refractivity contribution in [3.05, 3.63) is 17.5 Å². The van der Waals surface area contributed by atoms with Crippen LogP contribution in [-0.4, -0.2) is 28.7 Å². The Balaban J connectivity index is 1.86. The Bertz CT molecular complexity index is 380. The lowest BCUT2D eigenvalue weighted by Gasteiger charge is -2.28. The third-order valence-electron chi connectivity index (χ3n) is 3.59. The van der Waals surface area contributed by atoms with Crippen molar-refractivity contribution >= 4 is 5.91 Å². The highest BCUT2D eigenvalue weighted by molar-refractivity contribution is 5.95. The smallest absolute Gasteiger partial charge is 0.254 e. The van der Waals surface area contributed by atoms with Crippen molar-refractivity contribution in [2.75, 3.05) is 6.54 Å². The number of H-pyrrole nitrogens is 1. The molecule has 0 spiro atoms. The summed E-state index contributed by atoms with van der Waals surface area (Å²) in [5.74, 6) is 0.617. The molecule has 94 valence electrons. The summed E-state index contributed by atoms with van der Waals surface area (Å²) in [6.45, 7) is 2.62. The van der Waals surface area contributed by atoms with E-state index in [9.17, 15) is 4.79 Å². The first-order valence-corrected chi connectivity index (χ1v) is 6.21. The molecule has 1 aromatic heterocycles. The van der Waals surface area contributed by atoms with Crippen LogP contribution in [-0.2, 0) is 0 Å². The van der Waals surface area contributed by atoms with Gasteiger partial charge in [0.25, 0.3) is 5.91 Å². The van der Waals surface area contributed by atoms with E-state index in [1.165, 1.54) is 0 Å². The summed E-state index contributed by atoms with van der Waals surface area (Å²) >= 11 is 0. The summed E-state index contributed by atoms with van der Waals surface area (Å²) in [6, 6.07) is 0.291. The number of rotatable bonds is 3. The second-order valence-electron chi connectivity index (χ2n) is 4.84. The molecule has 1 aliphatic rings. The predicted octanol–water partition coefficient (Wildman–Crippen LogP) is 0.965. The van der Waals surface area contributed by atoms with E-state index in [0.717, 1.165) is 37.9 Å². The van der Waals surface area contributed by atoms with Gasteiger partial charge >= 0.3 is 0 Å². The van der Waals surface area contributed by atoms with Crippen molar-refractivity contribution in [3.8, 4) is 0 Å². The summed E-state index contributed by atoms with van der Waals surface area (Å²) in [5.41, 5.74) is 7.11. The molecule has 0 bridgehead atoms. The van der Waals surface area contributed by atoms with Crippen LogP contribution in [0.2, 0.25) is 0 Å². The molecule has 1 aromatic rings. The van der Waals surface area contributed by atoms with Gasteiger partial charge < -0.3 is 11.1 Å². The van der Waals surface area contributed by atoms with Crippen molar-refractivity contribution < 1.29 is 4.79 Å². The molecule has 0 aromatic carbocycles. The number of nitrogens with one attached hydrogen (secondary N) is 2. The molecular formula is C12H20N4O. The summed E-state index contributed by atoms with van der Waals surface area (Å²) in [5, 5.41) is 9.70. The Morgan fingerprint density at radius 2 is 2.24 bits per heavy atom. The topological polar surface area (TPSA) is 83.8 Å². The van der Waals surface area contributed by atoms with Crippen molar-refractivity contribution in [2.24, 2.45) is 11.7 Å². The minimum atomic E-state index is -0.0209. The van der Waals surface area contributed by atoms with Crippen LogP contribution in [0.25, 0.3) is 0 Å². The molecule has 1 fully saturated rings. The minimum Gasteiger partial charge on any atom is -0.349 e. The lowest BCUT2D eigenvalue weighted by atomic mass is 9.86. The van der Waals surface area contributed by atoms with Crippen LogP contribution in [0.15, 0.2) is 6.20 Å². The van der Waals surface area contributed by atoms with Gasteiger partial charge in [0.05, 0.1) is 11.8 Å². The first kappa shape index (κ1) is 12.1. The van der Waals surface area contributed by atoms with Gasteiger partial charge in [0.15, 0.2) is 0 Å². The molecule has 1 saturated carbocycles. The molecule has 2 rings (SSSR count). The normalized spacial score (nSPS) is 24.6. The van der Waals surface area contributed by atoms with E-state index in [2.05, 4.69) is 15.5 Å². The monoisotopic (exact) mass is 236 g/mol. The van der Waals surface area contributed by atoms with Gasteiger partial charge in [0, 0.05) is 11.7 Å². The quantitative estimate of drug-likeness (QED) is 0.731. The number of nitrogens with zero attached hydrogens (tertiary/aromatic N) is 1. The number of hydrogen-bond acceptors (Lipinski definition) is 3. The van der Waals surface area contributed by atoms with Gasteiger partial charge in [-0.2, -0.15) is 5.10 Å². The van der Waals surface area contributed by atoms with Gasteiger partial charge in [-0.15, -0.1) is 0 Å². The van der Waals surface area contributed by atoms with E-state index in [1.54, 1.807) is 6.20 Å². The van der Waals surface area contributed by atoms with Crippen molar-refractivity contribution in [1.82, 2.24) is 15.5 Å². The van der Waals surface area contributed by atoms with Gasteiger partial charge in [-0.25, -0.2) is 0 Å². The Morgan fingerprint density at radius 1 is 1.53 bits per heavy atom. The number of amides is 1. The molecule has 1 heterocycles. The molecule has 1 aliphatic carbocycles. The van der Waals surface area contributed by atoms with Crippen LogP contribution in [0.3, 0.4) is 0 Å². The maximum absolute atomic E-state index is 12.0. The maximum atomic E-state index is 12.0. The van der Waals surface area contributed by atoms with Gasteiger partial charge in [0.1, 0.15) is 0 Å². The Labute approximate surface area is 101 Å². The lowest BCUT2D eigenvalue weighted by Crippen LogP contribution is -2.38. The Kier molecular flexibility index (Phi) is 3.78. The molecule has 5 nitrogen and oxygen atoms in total. The lowest BCUT2D eigenvalue weighted by molar-refractivity contribution is 0.0922. The Morgan fingerprint density at radius 3 is 2.76 bits per heavy atom. The minimum absolute atomic E-state index is 0.0209. The first-order valence-electron chi connectivity index (χ1n) is 6.21. The van der Waals surface area contributed by atoms with E-state index in [0.29, 0.717) is 17.5 Å². The third-order valence-corrected chi connectivity index (χ3v) is 3.59. The summed E-state index contributed by atoms with van der Waals surface area (Å²) < 4.78 is 0. The highest BCUT2D eigenvalue weighted by Crippen LogP contribution is 2.23. The fraction of sp³-hybridized carbons (Fsp3) is 0.667. The van der Waals surface area contributed by atoms with Crippen LogP contribution in [0.1, 0.15) is 41.7 Å². The molecule has 1 amide bonds. The number of aromatic amines is 1. The molecule has 0 atom stereocenters. The zero-order chi connectivity index (χ0) is 12.3. The van der Waals surface area contributed by atoms with Gasteiger partial charge in [-0.1, -0.05) is 0 Å². The maximum Gasteiger partial charge on any atom is 0.254 e. The molecule has 0 saturated heterocycles. The van der Waals surface area contributed by atoms with Crippen LogP contribution in [0.5, 0.6) is 0 Å². The van der Waals surface area contributed by atoms with Crippen molar-refractivity contribution in [2.45, 2.75) is 38.6 Å². The van der Waals surface area contributed by atoms with E-state index < -0.39 is 0 Å². The Hall–Kier alpha value is -1.36. The molecular weight excluding hydrogens is 216 g/mol. The second kappa shape index (κ2) is 5.31. The van der Waals surface area contributed by atoms with Crippen molar-refractivity contribution in [3.63, 3.8) is 0 Å². The molecule has 0 unspecified atom stereocenters. The zero-order valence-corrected chi connectivity index (χ0v) is 10.2. The molecule has 0 radical (unpaired) electrons. The predicted molar refractivity (Wildman–Crippen MR) is 65.6 cm³/mol. The first-order chi connectivity index (χ1) is 8.20. The highest BCUT2D eigenvalue weighted by atomic mass is 16.1. The standard InChI is InChI=1S/C12H20N4O/c1-8-11(7-14-16-8)12(17)15-10-4-2-9(6-13)3-5-10/h7,9-10H,2-6,13H2,1H3,(H,14,16)(H,15,17). The van der Waals surface area contributed by atoms with E-state index in [4.69, 9.17) is 5.73 Å².